The lowest BCUT2D eigenvalue weighted by atomic mass is 9.95. The molecule has 8 nitrogen and oxygen atoms in total. The summed E-state index contributed by atoms with van der Waals surface area (Å²) in [6.07, 6.45) is 4.17. The second-order valence-electron chi connectivity index (χ2n) is 5.74. The lowest BCUT2D eigenvalue weighted by molar-refractivity contribution is -0.197. The topological polar surface area (TPSA) is 94.2 Å². The lowest BCUT2D eigenvalue weighted by Crippen LogP contribution is -2.36. The molecule has 0 aromatic heterocycles. The summed E-state index contributed by atoms with van der Waals surface area (Å²) < 4.78 is 9.94. The van der Waals surface area contributed by atoms with E-state index in [1.807, 2.05) is 0 Å². The first-order chi connectivity index (χ1) is 11.7. The first-order valence-electron chi connectivity index (χ1n) is 8.44. The van der Waals surface area contributed by atoms with E-state index in [1.165, 1.54) is 0 Å². The van der Waals surface area contributed by atoms with Crippen LogP contribution in [0, 0.1) is 5.92 Å². The second-order valence-corrected chi connectivity index (χ2v) is 5.74. The first-order valence-corrected chi connectivity index (χ1v) is 8.44. The van der Waals surface area contributed by atoms with Crippen LogP contribution in [0.2, 0.25) is 0 Å². The van der Waals surface area contributed by atoms with Crippen LogP contribution in [0.15, 0.2) is 0 Å². The van der Waals surface area contributed by atoms with Gasteiger partial charge in [0, 0.05) is 39.6 Å². The number of unbranched alkanes of at least 4 members (excludes halogenated alkanes) is 1. The van der Waals surface area contributed by atoms with Crippen molar-refractivity contribution in [2.75, 3.05) is 40.0 Å². The molecule has 0 unspecified atom stereocenters. The molecule has 1 rings (SSSR count). The summed E-state index contributed by atoms with van der Waals surface area (Å²) >= 11 is 0. The molecule has 0 atom stereocenters. The van der Waals surface area contributed by atoms with Crippen molar-refractivity contribution in [3.8, 4) is 0 Å². The van der Waals surface area contributed by atoms with E-state index in [1.54, 1.807) is 12.2 Å². The summed E-state index contributed by atoms with van der Waals surface area (Å²) in [5.41, 5.74) is 0. The van der Waals surface area contributed by atoms with Crippen molar-refractivity contribution in [3.05, 3.63) is 0 Å². The summed E-state index contributed by atoms with van der Waals surface area (Å²) in [6.45, 7) is 2.65. The largest absolute Gasteiger partial charge is 0.450 e. The minimum absolute atomic E-state index is 0.269. The summed E-state index contributed by atoms with van der Waals surface area (Å²) in [4.78, 5) is 38.4. The SMILES string of the molecule is COCCNC(=O)OCCC1CCN(OC(=O)CCCC=O)CC1. The van der Waals surface area contributed by atoms with Crippen molar-refractivity contribution >= 4 is 18.3 Å². The van der Waals surface area contributed by atoms with Gasteiger partial charge in [0.2, 0.25) is 0 Å². The molecule has 1 fully saturated rings. The van der Waals surface area contributed by atoms with E-state index in [0.29, 0.717) is 51.6 Å². The third-order valence-corrected chi connectivity index (χ3v) is 3.84. The molecule has 1 aliphatic rings. The molecule has 24 heavy (non-hydrogen) atoms. The highest BCUT2D eigenvalue weighted by Crippen LogP contribution is 2.21. The Morgan fingerprint density at radius 3 is 2.67 bits per heavy atom. The molecule has 138 valence electrons. The van der Waals surface area contributed by atoms with Gasteiger partial charge in [-0.1, -0.05) is 0 Å². The van der Waals surface area contributed by atoms with E-state index in [0.717, 1.165) is 25.5 Å². The number of ether oxygens (including phenoxy) is 2. The number of carbonyl (C=O) groups is 3. The summed E-state index contributed by atoms with van der Waals surface area (Å²) in [6, 6.07) is 0. The number of rotatable bonds is 11. The molecule has 0 saturated carbocycles. The van der Waals surface area contributed by atoms with E-state index >= 15 is 0 Å². The van der Waals surface area contributed by atoms with Crippen molar-refractivity contribution in [2.45, 2.75) is 38.5 Å². The molecule has 0 bridgehead atoms. The van der Waals surface area contributed by atoms with Crippen LogP contribution in [-0.2, 0) is 23.9 Å². The van der Waals surface area contributed by atoms with Crippen molar-refractivity contribution in [3.63, 3.8) is 0 Å². The van der Waals surface area contributed by atoms with Crippen LogP contribution in [0.3, 0.4) is 0 Å². The Labute approximate surface area is 142 Å². The normalized spacial score (nSPS) is 15.7. The molecule has 1 heterocycles. The molecular formula is C16H28N2O6. The van der Waals surface area contributed by atoms with Crippen molar-refractivity contribution in [1.82, 2.24) is 10.4 Å². The molecule has 0 aromatic carbocycles. The van der Waals surface area contributed by atoms with Crippen LogP contribution in [0.25, 0.3) is 0 Å². The number of carbonyl (C=O) groups excluding carboxylic acids is 3. The average Bonchev–Trinajstić information content (AvgIpc) is 2.57. The molecule has 8 heteroatoms. The van der Waals surface area contributed by atoms with Gasteiger partial charge in [-0.3, -0.25) is 4.79 Å². The number of nitrogens with zero attached hydrogens (tertiary/aromatic N) is 1. The predicted octanol–water partition coefficient (Wildman–Crippen LogP) is 1.29. The average molecular weight is 344 g/mol. The predicted molar refractivity (Wildman–Crippen MR) is 86.1 cm³/mol. The fraction of sp³-hybridized carbons (Fsp3) is 0.812. The number of nitrogens with one attached hydrogen (secondary N) is 1. The standard InChI is InChI=1S/C16H28N2O6/c1-22-13-8-17-16(21)23-12-7-14-5-9-18(10-6-14)24-15(20)4-2-3-11-19/h11,14H,2-10,12-13H2,1H3,(H,17,21). The quantitative estimate of drug-likeness (QED) is 0.446. The number of piperidine rings is 1. The van der Waals surface area contributed by atoms with Gasteiger partial charge >= 0.3 is 12.1 Å². The Kier molecular flexibility index (Phi) is 10.8. The van der Waals surface area contributed by atoms with Gasteiger partial charge in [0.05, 0.1) is 13.2 Å². The van der Waals surface area contributed by atoms with Gasteiger partial charge in [-0.15, -0.1) is 5.06 Å². The van der Waals surface area contributed by atoms with Crippen LogP contribution < -0.4 is 5.32 Å². The third-order valence-electron chi connectivity index (χ3n) is 3.84. The summed E-state index contributed by atoms with van der Waals surface area (Å²) in [7, 11) is 1.57. The molecule has 1 amide bonds. The lowest BCUT2D eigenvalue weighted by Gasteiger charge is -2.30. The number of alkyl carbamates (subject to hydrolysis) is 1. The fourth-order valence-corrected chi connectivity index (χ4v) is 2.43. The van der Waals surface area contributed by atoms with Gasteiger partial charge < -0.3 is 24.4 Å². The highest BCUT2D eigenvalue weighted by molar-refractivity contribution is 5.69. The fourth-order valence-electron chi connectivity index (χ4n) is 2.43. The number of amides is 1. The molecule has 0 aliphatic carbocycles. The molecule has 1 saturated heterocycles. The van der Waals surface area contributed by atoms with Gasteiger partial charge in [0.15, 0.2) is 0 Å². The first kappa shape index (κ1) is 20.4. The minimum atomic E-state index is -0.422. The zero-order valence-corrected chi connectivity index (χ0v) is 14.3. The highest BCUT2D eigenvalue weighted by Gasteiger charge is 2.22. The highest BCUT2D eigenvalue weighted by atomic mass is 16.7. The van der Waals surface area contributed by atoms with Crippen molar-refractivity contribution < 1.29 is 28.7 Å². The Morgan fingerprint density at radius 2 is 2.00 bits per heavy atom. The Hall–Kier alpha value is -1.67. The van der Waals surface area contributed by atoms with Crippen LogP contribution >= 0.6 is 0 Å². The van der Waals surface area contributed by atoms with E-state index in [-0.39, 0.29) is 12.4 Å². The molecule has 0 spiro atoms. The number of hydroxylamine groups is 2. The molecule has 1 N–H and O–H groups in total. The second kappa shape index (κ2) is 12.7. The van der Waals surface area contributed by atoms with E-state index in [4.69, 9.17) is 14.3 Å². The zero-order chi connectivity index (χ0) is 17.6. The molecular weight excluding hydrogens is 316 g/mol. The maximum atomic E-state index is 11.6. The van der Waals surface area contributed by atoms with Crippen molar-refractivity contribution in [2.24, 2.45) is 5.92 Å². The smallest absolute Gasteiger partial charge is 0.407 e. The van der Waals surface area contributed by atoms with Crippen LogP contribution in [0.5, 0.6) is 0 Å². The van der Waals surface area contributed by atoms with Gasteiger partial charge in [-0.05, 0) is 31.6 Å². The minimum Gasteiger partial charge on any atom is -0.450 e. The van der Waals surface area contributed by atoms with Gasteiger partial charge in [-0.2, -0.15) is 0 Å². The Balaban J connectivity index is 2.05. The number of aldehydes is 1. The maximum absolute atomic E-state index is 11.6. The summed E-state index contributed by atoms with van der Waals surface area (Å²) in [5, 5.41) is 4.28. The van der Waals surface area contributed by atoms with Crippen LogP contribution in [0.1, 0.15) is 38.5 Å². The van der Waals surface area contributed by atoms with Crippen LogP contribution in [0.4, 0.5) is 4.79 Å². The number of methoxy groups -OCH3 is 1. The zero-order valence-electron chi connectivity index (χ0n) is 14.3. The van der Waals surface area contributed by atoms with E-state index < -0.39 is 6.09 Å². The Morgan fingerprint density at radius 1 is 1.25 bits per heavy atom. The van der Waals surface area contributed by atoms with Gasteiger partial charge in [-0.25, -0.2) is 4.79 Å². The molecule has 0 radical (unpaired) electrons. The monoisotopic (exact) mass is 344 g/mol. The molecule has 0 aromatic rings. The third kappa shape index (κ3) is 9.46. The van der Waals surface area contributed by atoms with E-state index in [9.17, 15) is 14.4 Å². The molecule has 1 aliphatic heterocycles. The van der Waals surface area contributed by atoms with Crippen molar-refractivity contribution in [1.29, 1.82) is 0 Å². The number of hydrogen-bond acceptors (Lipinski definition) is 7. The van der Waals surface area contributed by atoms with Gasteiger partial charge in [0.25, 0.3) is 0 Å². The number of hydrogen-bond donors (Lipinski definition) is 1. The van der Waals surface area contributed by atoms with Crippen LogP contribution in [-0.4, -0.2) is 63.4 Å². The van der Waals surface area contributed by atoms with E-state index in [2.05, 4.69) is 5.32 Å². The summed E-state index contributed by atoms with van der Waals surface area (Å²) in [5.74, 6) is 0.174. The van der Waals surface area contributed by atoms with Gasteiger partial charge in [0.1, 0.15) is 6.29 Å². The Bertz CT molecular complexity index is 383. The maximum Gasteiger partial charge on any atom is 0.407 e.